The van der Waals surface area contributed by atoms with Crippen LogP contribution in [0.15, 0.2) is 41.9 Å². The summed E-state index contributed by atoms with van der Waals surface area (Å²) in [6.07, 6.45) is 1.39. The maximum absolute atomic E-state index is 12.5. The second-order valence-corrected chi connectivity index (χ2v) is 7.21. The fourth-order valence-corrected chi connectivity index (χ4v) is 3.73. The van der Waals surface area contributed by atoms with Gasteiger partial charge in [-0.15, -0.1) is 11.3 Å². The van der Waals surface area contributed by atoms with E-state index in [0.29, 0.717) is 21.8 Å². The van der Waals surface area contributed by atoms with Crippen molar-refractivity contribution in [3.63, 3.8) is 0 Å². The fourth-order valence-electron chi connectivity index (χ4n) is 2.76. The summed E-state index contributed by atoms with van der Waals surface area (Å²) in [5.41, 5.74) is 2.69. The SMILES string of the molecule is CCOC(=O)c1c(-c2ccccc2)csc1NC(=O)COC(=O)c1cnn(C)c1C. The predicted octanol–water partition coefficient (Wildman–Crippen LogP) is 3.43. The molecular formula is C21H21N3O5S. The lowest BCUT2D eigenvalue weighted by molar-refractivity contribution is -0.119. The van der Waals surface area contributed by atoms with Gasteiger partial charge in [0.1, 0.15) is 16.1 Å². The Bertz CT molecular complexity index is 1070. The van der Waals surface area contributed by atoms with Gasteiger partial charge >= 0.3 is 11.9 Å². The third kappa shape index (κ3) is 4.57. The molecule has 2 aromatic heterocycles. The lowest BCUT2D eigenvalue weighted by Gasteiger charge is -2.09. The number of thiophene rings is 1. The number of benzene rings is 1. The van der Waals surface area contributed by atoms with E-state index in [2.05, 4.69) is 10.4 Å². The monoisotopic (exact) mass is 427 g/mol. The molecule has 3 aromatic rings. The van der Waals surface area contributed by atoms with Gasteiger partial charge in [0, 0.05) is 23.7 Å². The Balaban J connectivity index is 1.74. The first-order valence-electron chi connectivity index (χ1n) is 9.22. The van der Waals surface area contributed by atoms with E-state index in [9.17, 15) is 14.4 Å². The number of hydrogen-bond donors (Lipinski definition) is 1. The Kier molecular flexibility index (Phi) is 6.63. The van der Waals surface area contributed by atoms with E-state index in [1.165, 1.54) is 17.5 Å². The van der Waals surface area contributed by atoms with Crippen molar-refractivity contribution in [1.29, 1.82) is 0 Å². The molecule has 2 heterocycles. The van der Waals surface area contributed by atoms with Crippen LogP contribution in [-0.4, -0.2) is 40.8 Å². The van der Waals surface area contributed by atoms with Gasteiger partial charge in [0.05, 0.1) is 12.8 Å². The normalized spacial score (nSPS) is 10.5. The average Bonchev–Trinajstić information content (AvgIpc) is 3.30. The molecule has 9 heteroatoms. The third-order valence-corrected chi connectivity index (χ3v) is 5.29. The second kappa shape index (κ2) is 9.36. The van der Waals surface area contributed by atoms with Crippen molar-refractivity contribution < 1.29 is 23.9 Å². The number of amides is 1. The van der Waals surface area contributed by atoms with Crippen LogP contribution in [0.1, 0.15) is 33.3 Å². The molecule has 0 fully saturated rings. The number of esters is 2. The maximum Gasteiger partial charge on any atom is 0.342 e. The number of nitrogens with zero attached hydrogens (tertiary/aromatic N) is 2. The van der Waals surface area contributed by atoms with Gasteiger partial charge < -0.3 is 14.8 Å². The fraction of sp³-hybridized carbons (Fsp3) is 0.238. The molecule has 0 unspecified atom stereocenters. The number of ether oxygens (including phenoxy) is 2. The first-order valence-corrected chi connectivity index (χ1v) is 10.1. The molecule has 0 radical (unpaired) electrons. The van der Waals surface area contributed by atoms with E-state index in [-0.39, 0.29) is 12.2 Å². The summed E-state index contributed by atoms with van der Waals surface area (Å²) >= 11 is 1.20. The molecule has 30 heavy (non-hydrogen) atoms. The van der Waals surface area contributed by atoms with E-state index in [4.69, 9.17) is 9.47 Å². The van der Waals surface area contributed by atoms with Gasteiger partial charge in [-0.2, -0.15) is 5.10 Å². The number of nitrogens with one attached hydrogen (secondary N) is 1. The summed E-state index contributed by atoms with van der Waals surface area (Å²) in [5, 5.41) is 8.74. The molecule has 0 spiro atoms. The Morgan fingerprint density at radius 1 is 1.13 bits per heavy atom. The van der Waals surface area contributed by atoms with Crippen molar-refractivity contribution >= 4 is 34.2 Å². The van der Waals surface area contributed by atoms with Crippen molar-refractivity contribution in [3.8, 4) is 11.1 Å². The standard InChI is InChI=1S/C21H21N3O5S/c1-4-28-21(27)18-16(14-8-6-5-7-9-14)12-30-19(18)23-17(25)11-29-20(26)15-10-22-24(3)13(15)2/h5-10,12H,4,11H2,1-3H3,(H,23,25). The van der Waals surface area contributed by atoms with Crippen LogP contribution in [0.2, 0.25) is 0 Å². The van der Waals surface area contributed by atoms with Crippen LogP contribution in [-0.2, 0) is 21.3 Å². The van der Waals surface area contributed by atoms with Crippen LogP contribution in [0.5, 0.6) is 0 Å². The minimum absolute atomic E-state index is 0.207. The van der Waals surface area contributed by atoms with Gasteiger partial charge in [-0.05, 0) is 19.4 Å². The molecule has 0 aliphatic heterocycles. The van der Waals surface area contributed by atoms with Crippen molar-refractivity contribution in [3.05, 3.63) is 58.7 Å². The van der Waals surface area contributed by atoms with E-state index in [0.717, 1.165) is 5.56 Å². The zero-order valence-electron chi connectivity index (χ0n) is 16.8. The van der Waals surface area contributed by atoms with Crippen molar-refractivity contribution in [2.45, 2.75) is 13.8 Å². The summed E-state index contributed by atoms with van der Waals surface area (Å²) in [6.45, 7) is 3.16. The largest absolute Gasteiger partial charge is 0.462 e. The number of carbonyl (C=O) groups is 3. The zero-order chi connectivity index (χ0) is 21.7. The molecule has 0 bridgehead atoms. The van der Waals surface area contributed by atoms with Gasteiger partial charge in [0.15, 0.2) is 6.61 Å². The maximum atomic E-state index is 12.5. The van der Waals surface area contributed by atoms with Crippen LogP contribution in [0, 0.1) is 6.92 Å². The van der Waals surface area contributed by atoms with Crippen molar-refractivity contribution in [2.24, 2.45) is 7.05 Å². The Labute approximate surface area is 177 Å². The topological polar surface area (TPSA) is 99.5 Å². The van der Waals surface area contributed by atoms with Gasteiger partial charge in [0.25, 0.3) is 5.91 Å². The average molecular weight is 427 g/mol. The summed E-state index contributed by atoms with van der Waals surface area (Å²) in [7, 11) is 1.71. The highest BCUT2D eigenvalue weighted by molar-refractivity contribution is 7.15. The predicted molar refractivity (Wildman–Crippen MR) is 113 cm³/mol. The third-order valence-electron chi connectivity index (χ3n) is 4.40. The highest BCUT2D eigenvalue weighted by atomic mass is 32.1. The lowest BCUT2D eigenvalue weighted by Crippen LogP contribution is -2.22. The molecule has 0 aliphatic carbocycles. The highest BCUT2D eigenvalue weighted by Gasteiger charge is 2.23. The molecule has 1 amide bonds. The molecule has 1 aromatic carbocycles. The van der Waals surface area contributed by atoms with Crippen LogP contribution in [0.4, 0.5) is 5.00 Å². The number of carbonyl (C=O) groups excluding carboxylic acids is 3. The minimum Gasteiger partial charge on any atom is -0.462 e. The Morgan fingerprint density at radius 2 is 1.87 bits per heavy atom. The van der Waals surface area contributed by atoms with E-state index >= 15 is 0 Å². The molecule has 156 valence electrons. The number of aryl methyl sites for hydroxylation is 1. The summed E-state index contributed by atoms with van der Waals surface area (Å²) < 4.78 is 11.8. The quantitative estimate of drug-likeness (QED) is 0.580. The van der Waals surface area contributed by atoms with E-state index in [1.54, 1.807) is 31.0 Å². The summed E-state index contributed by atoms with van der Waals surface area (Å²) in [5.74, 6) is -1.73. The first-order chi connectivity index (χ1) is 14.4. The number of rotatable bonds is 7. The van der Waals surface area contributed by atoms with E-state index in [1.807, 2.05) is 30.3 Å². The number of hydrogen-bond acceptors (Lipinski definition) is 7. The molecule has 0 saturated carbocycles. The highest BCUT2D eigenvalue weighted by Crippen LogP contribution is 2.36. The van der Waals surface area contributed by atoms with Crippen molar-refractivity contribution in [1.82, 2.24) is 9.78 Å². The van der Waals surface area contributed by atoms with Crippen molar-refractivity contribution in [2.75, 3.05) is 18.5 Å². The smallest absolute Gasteiger partial charge is 0.342 e. The van der Waals surface area contributed by atoms with Gasteiger partial charge in [-0.3, -0.25) is 9.48 Å². The molecular weight excluding hydrogens is 406 g/mol. The van der Waals surface area contributed by atoms with Crippen LogP contribution in [0.3, 0.4) is 0 Å². The van der Waals surface area contributed by atoms with Gasteiger partial charge in [-0.1, -0.05) is 30.3 Å². The summed E-state index contributed by atoms with van der Waals surface area (Å²) in [4.78, 5) is 37.1. The van der Waals surface area contributed by atoms with Gasteiger partial charge in [0.2, 0.25) is 0 Å². The number of aromatic nitrogens is 2. The molecule has 3 rings (SSSR count). The molecule has 0 aliphatic rings. The molecule has 1 N–H and O–H groups in total. The number of anilines is 1. The molecule has 0 atom stereocenters. The lowest BCUT2D eigenvalue weighted by atomic mass is 10.0. The van der Waals surface area contributed by atoms with Gasteiger partial charge in [-0.25, -0.2) is 9.59 Å². The van der Waals surface area contributed by atoms with Crippen LogP contribution >= 0.6 is 11.3 Å². The molecule has 8 nitrogen and oxygen atoms in total. The Morgan fingerprint density at radius 3 is 2.50 bits per heavy atom. The van der Waals surface area contributed by atoms with Crippen LogP contribution in [0.25, 0.3) is 11.1 Å². The molecule has 0 saturated heterocycles. The second-order valence-electron chi connectivity index (χ2n) is 6.33. The summed E-state index contributed by atoms with van der Waals surface area (Å²) in [6, 6.07) is 9.34. The Hall–Kier alpha value is -3.46. The van der Waals surface area contributed by atoms with E-state index < -0.39 is 24.5 Å². The zero-order valence-corrected chi connectivity index (χ0v) is 17.6. The van der Waals surface area contributed by atoms with Crippen LogP contribution < -0.4 is 5.32 Å². The first kappa shape index (κ1) is 21.3. The minimum atomic E-state index is -0.641.